The highest BCUT2D eigenvalue weighted by Gasteiger charge is 2.34. The predicted molar refractivity (Wildman–Crippen MR) is 71.3 cm³/mol. The molecule has 0 amide bonds. The lowest BCUT2D eigenvalue weighted by molar-refractivity contribution is -0.129. The van der Waals surface area contributed by atoms with Crippen LogP contribution in [0, 0.1) is 0 Å². The number of hydrogen-bond acceptors (Lipinski definition) is 2. The Morgan fingerprint density at radius 3 is 2.41 bits per heavy atom. The average Bonchev–Trinajstić information content (AvgIpc) is 2.26. The van der Waals surface area contributed by atoms with E-state index in [2.05, 4.69) is 33.1 Å². The SMILES string of the molecule is C=C=CC(=O)O[Si](c1ccccc1)C(C)(C)C. The highest BCUT2D eigenvalue weighted by Crippen LogP contribution is 2.27. The van der Waals surface area contributed by atoms with Gasteiger partial charge in [-0.05, 0) is 10.2 Å². The average molecular weight is 245 g/mol. The highest BCUT2D eigenvalue weighted by molar-refractivity contribution is 6.71. The lowest BCUT2D eigenvalue weighted by atomic mass is 10.2. The lowest BCUT2D eigenvalue weighted by Crippen LogP contribution is -2.42. The first kappa shape index (κ1) is 13.5. The normalized spacial score (nSPS) is 10.8. The Morgan fingerprint density at radius 1 is 1.35 bits per heavy atom. The summed E-state index contributed by atoms with van der Waals surface area (Å²) in [5, 5.41) is 1.03. The van der Waals surface area contributed by atoms with E-state index in [4.69, 9.17) is 4.43 Å². The van der Waals surface area contributed by atoms with Gasteiger partial charge < -0.3 is 4.43 Å². The zero-order chi connectivity index (χ0) is 12.9. The van der Waals surface area contributed by atoms with Crippen LogP contribution in [-0.4, -0.2) is 15.0 Å². The molecule has 0 unspecified atom stereocenters. The van der Waals surface area contributed by atoms with Gasteiger partial charge in [0.25, 0.3) is 0 Å². The van der Waals surface area contributed by atoms with Gasteiger partial charge in [-0.1, -0.05) is 57.7 Å². The van der Waals surface area contributed by atoms with Gasteiger partial charge in [-0.3, -0.25) is 0 Å². The van der Waals surface area contributed by atoms with Crippen LogP contribution in [-0.2, 0) is 9.22 Å². The van der Waals surface area contributed by atoms with Crippen LogP contribution in [0.15, 0.2) is 48.7 Å². The molecule has 0 fully saturated rings. The Bertz CT molecular complexity index is 425. The first-order valence-electron chi connectivity index (χ1n) is 5.45. The number of rotatable bonds is 3. The quantitative estimate of drug-likeness (QED) is 0.465. The van der Waals surface area contributed by atoms with Crippen LogP contribution in [0.1, 0.15) is 20.8 Å². The molecule has 1 aromatic rings. The van der Waals surface area contributed by atoms with Gasteiger partial charge in [0.1, 0.15) is 0 Å². The Labute approximate surface area is 104 Å². The van der Waals surface area contributed by atoms with E-state index in [9.17, 15) is 4.79 Å². The van der Waals surface area contributed by atoms with E-state index in [-0.39, 0.29) is 11.0 Å². The number of benzene rings is 1. The fourth-order valence-electron chi connectivity index (χ4n) is 1.45. The standard InChI is InChI=1S/C14H17O2Si/c1-5-9-13(15)16-17(14(2,3)4)12-10-7-6-8-11-12/h6-11H,1H2,2-4H3. The van der Waals surface area contributed by atoms with Crippen molar-refractivity contribution in [3.8, 4) is 0 Å². The summed E-state index contributed by atoms with van der Waals surface area (Å²) in [5.74, 6) is -0.368. The highest BCUT2D eigenvalue weighted by atomic mass is 28.3. The third-order valence-corrected chi connectivity index (χ3v) is 4.77. The van der Waals surface area contributed by atoms with Crippen molar-refractivity contribution in [2.45, 2.75) is 25.8 Å². The summed E-state index contributed by atoms with van der Waals surface area (Å²) in [6, 6.07) is 9.89. The second kappa shape index (κ2) is 5.67. The Balaban J connectivity index is 2.98. The molecule has 0 N–H and O–H groups in total. The molecule has 0 saturated carbocycles. The van der Waals surface area contributed by atoms with Crippen molar-refractivity contribution in [3.05, 3.63) is 48.7 Å². The van der Waals surface area contributed by atoms with Crippen LogP contribution in [0.25, 0.3) is 0 Å². The fourth-order valence-corrected chi connectivity index (χ4v) is 3.49. The molecule has 0 atom stereocenters. The molecule has 0 saturated heterocycles. The van der Waals surface area contributed by atoms with Gasteiger partial charge in [-0.15, -0.1) is 5.73 Å². The molecule has 0 bridgehead atoms. The van der Waals surface area contributed by atoms with Crippen LogP contribution in [0.2, 0.25) is 5.04 Å². The van der Waals surface area contributed by atoms with Crippen molar-refractivity contribution in [1.29, 1.82) is 0 Å². The van der Waals surface area contributed by atoms with Crippen molar-refractivity contribution in [2.75, 3.05) is 0 Å². The van der Waals surface area contributed by atoms with E-state index in [1.54, 1.807) is 0 Å². The zero-order valence-electron chi connectivity index (χ0n) is 10.5. The summed E-state index contributed by atoms with van der Waals surface area (Å²) in [5.41, 5.74) is 2.44. The second-order valence-corrected chi connectivity index (χ2v) is 7.65. The molecule has 89 valence electrons. The minimum absolute atomic E-state index is 0.0588. The number of hydrogen-bond donors (Lipinski definition) is 0. The summed E-state index contributed by atoms with van der Waals surface area (Å²) < 4.78 is 5.55. The predicted octanol–water partition coefficient (Wildman–Crippen LogP) is 2.57. The minimum atomic E-state index is -1.41. The zero-order valence-corrected chi connectivity index (χ0v) is 11.5. The first-order valence-corrected chi connectivity index (χ1v) is 6.86. The molecule has 0 heterocycles. The maximum Gasteiger partial charge on any atom is 0.326 e. The van der Waals surface area contributed by atoms with Crippen LogP contribution in [0.4, 0.5) is 0 Å². The summed E-state index contributed by atoms with van der Waals surface area (Å²) in [4.78, 5) is 11.5. The van der Waals surface area contributed by atoms with Crippen LogP contribution >= 0.6 is 0 Å². The molecule has 1 radical (unpaired) electrons. The van der Waals surface area contributed by atoms with Gasteiger partial charge in [0, 0.05) is 0 Å². The molecule has 1 rings (SSSR count). The van der Waals surface area contributed by atoms with E-state index in [1.807, 2.05) is 30.3 Å². The Hall–Kier alpha value is -1.57. The first-order chi connectivity index (χ1) is 7.95. The van der Waals surface area contributed by atoms with E-state index < -0.39 is 9.04 Å². The number of carbonyl (C=O) groups is 1. The molecular weight excluding hydrogens is 228 g/mol. The van der Waals surface area contributed by atoms with Gasteiger partial charge in [0.05, 0.1) is 6.08 Å². The Kier molecular flexibility index (Phi) is 4.50. The topological polar surface area (TPSA) is 26.3 Å². The lowest BCUT2D eigenvalue weighted by Gasteiger charge is -2.26. The molecule has 0 aliphatic carbocycles. The van der Waals surface area contributed by atoms with Gasteiger partial charge >= 0.3 is 15.0 Å². The van der Waals surface area contributed by atoms with Crippen molar-refractivity contribution in [3.63, 3.8) is 0 Å². The summed E-state index contributed by atoms with van der Waals surface area (Å²) in [6.45, 7) is 9.62. The maximum atomic E-state index is 11.5. The molecule has 0 aromatic heterocycles. The second-order valence-electron chi connectivity index (χ2n) is 4.71. The molecule has 0 spiro atoms. The van der Waals surface area contributed by atoms with Crippen molar-refractivity contribution < 1.29 is 9.22 Å². The summed E-state index contributed by atoms with van der Waals surface area (Å²) >= 11 is 0. The molecule has 0 aliphatic heterocycles. The van der Waals surface area contributed by atoms with Gasteiger partial charge in [0.15, 0.2) is 0 Å². The van der Waals surface area contributed by atoms with E-state index in [1.165, 1.54) is 6.08 Å². The molecular formula is C14H17O2Si. The van der Waals surface area contributed by atoms with Gasteiger partial charge in [0.2, 0.25) is 0 Å². The third-order valence-electron chi connectivity index (χ3n) is 2.14. The molecule has 1 aromatic carbocycles. The molecule has 0 aliphatic rings. The summed E-state index contributed by atoms with van der Waals surface area (Å²) in [7, 11) is -1.41. The van der Waals surface area contributed by atoms with Crippen molar-refractivity contribution in [1.82, 2.24) is 0 Å². The van der Waals surface area contributed by atoms with Crippen molar-refractivity contribution in [2.24, 2.45) is 0 Å². The van der Waals surface area contributed by atoms with E-state index >= 15 is 0 Å². The largest absolute Gasteiger partial charge is 0.509 e. The molecule has 17 heavy (non-hydrogen) atoms. The smallest absolute Gasteiger partial charge is 0.326 e. The van der Waals surface area contributed by atoms with E-state index in [0.29, 0.717) is 0 Å². The number of carbonyl (C=O) groups excluding carboxylic acids is 1. The maximum absolute atomic E-state index is 11.5. The molecule has 2 nitrogen and oxygen atoms in total. The summed E-state index contributed by atoms with van der Waals surface area (Å²) in [6.07, 6.45) is 1.24. The monoisotopic (exact) mass is 245 g/mol. The van der Waals surface area contributed by atoms with E-state index in [0.717, 1.165) is 5.19 Å². The van der Waals surface area contributed by atoms with Gasteiger partial charge in [-0.2, -0.15) is 0 Å². The van der Waals surface area contributed by atoms with Crippen molar-refractivity contribution >= 4 is 20.2 Å². The van der Waals surface area contributed by atoms with Crippen LogP contribution in [0.3, 0.4) is 0 Å². The third kappa shape index (κ3) is 4.06. The fraction of sp³-hybridized carbons (Fsp3) is 0.286. The minimum Gasteiger partial charge on any atom is -0.509 e. The van der Waals surface area contributed by atoms with Crippen LogP contribution < -0.4 is 5.19 Å². The molecule has 3 heteroatoms. The Morgan fingerprint density at radius 2 is 1.94 bits per heavy atom. The van der Waals surface area contributed by atoms with Crippen LogP contribution in [0.5, 0.6) is 0 Å². The van der Waals surface area contributed by atoms with Gasteiger partial charge in [-0.25, -0.2) is 4.79 Å².